The van der Waals surface area contributed by atoms with Gasteiger partial charge in [-0.25, -0.2) is 0 Å². The molecular weight excluding hydrogens is 378 g/mol. The fraction of sp³-hybridized carbons (Fsp3) is 0.667. The van der Waals surface area contributed by atoms with E-state index in [0.29, 0.717) is 24.6 Å². The number of likely N-dealkylation sites (tertiary alicyclic amines) is 1. The summed E-state index contributed by atoms with van der Waals surface area (Å²) in [6, 6.07) is 3.66. The summed E-state index contributed by atoms with van der Waals surface area (Å²) >= 11 is 0. The molecule has 30 heavy (non-hydrogen) atoms. The minimum Gasteiger partial charge on any atom is -0.396 e. The number of carbonyl (C=O) groups is 1. The number of aromatic nitrogens is 1. The van der Waals surface area contributed by atoms with Crippen LogP contribution in [-0.2, 0) is 11.3 Å². The van der Waals surface area contributed by atoms with Gasteiger partial charge in [0.1, 0.15) is 0 Å². The second-order valence-corrected chi connectivity index (χ2v) is 9.17. The molecule has 1 saturated heterocycles. The zero-order chi connectivity index (χ0) is 21.3. The van der Waals surface area contributed by atoms with Crippen molar-refractivity contribution in [2.45, 2.75) is 64.6 Å². The van der Waals surface area contributed by atoms with Crippen LogP contribution in [0.3, 0.4) is 0 Å². The summed E-state index contributed by atoms with van der Waals surface area (Å²) in [5.41, 5.74) is 1.73. The molecule has 1 aromatic rings. The van der Waals surface area contributed by atoms with Crippen LogP contribution in [0.15, 0.2) is 23.0 Å². The van der Waals surface area contributed by atoms with Crippen LogP contribution < -0.4 is 10.9 Å². The summed E-state index contributed by atoms with van der Waals surface area (Å²) < 4.78 is 1.88. The maximum absolute atomic E-state index is 13.2. The van der Waals surface area contributed by atoms with Gasteiger partial charge in [0, 0.05) is 49.3 Å². The Morgan fingerprint density at radius 1 is 1.30 bits per heavy atom. The number of nitrogens with zero attached hydrogens (tertiary/aromatic N) is 2. The van der Waals surface area contributed by atoms with E-state index in [4.69, 9.17) is 0 Å². The number of pyridine rings is 1. The molecule has 6 nitrogen and oxygen atoms in total. The molecule has 3 heterocycles. The summed E-state index contributed by atoms with van der Waals surface area (Å²) in [6.07, 6.45) is 9.55. The lowest BCUT2D eigenvalue weighted by Crippen LogP contribution is -2.49. The molecule has 0 bridgehead atoms. The number of hydrogen-bond donors (Lipinski definition) is 2. The summed E-state index contributed by atoms with van der Waals surface area (Å²) in [5.74, 6) is 0.551. The Labute approximate surface area is 179 Å². The molecule has 6 heteroatoms. The number of nitrogens with one attached hydrogen (secondary N) is 1. The Balaban J connectivity index is 1.72. The molecule has 1 aromatic heterocycles. The minimum absolute atomic E-state index is 0.0208. The number of allylic oxidation sites excluding steroid dienone is 1. The minimum atomic E-state index is -0.323. The van der Waals surface area contributed by atoms with Crippen molar-refractivity contribution < 1.29 is 9.90 Å². The molecule has 3 aliphatic rings. The standard InChI is InChI=1S/C24H35N3O3/c1-3-7-17-10-11-20-21-18(14-26(20)24(17)30)19(15-28)22(23(29)25-12-4-2)27(21)13-16-8-5-6-9-16/h3,7,10-11,16,18-19,21-22,28H,4-6,8-9,12-15H2,1-2H3,(H,25,29)/b7-3-/t18-,19-,21+,22-/m1/s1. The van der Waals surface area contributed by atoms with E-state index in [1.165, 1.54) is 25.7 Å². The summed E-state index contributed by atoms with van der Waals surface area (Å²) in [6.45, 7) is 6.03. The quantitative estimate of drug-likeness (QED) is 0.721. The highest BCUT2D eigenvalue weighted by Crippen LogP contribution is 2.50. The van der Waals surface area contributed by atoms with E-state index in [1.54, 1.807) is 0 Å². The number of fused-ring (bicyclic) bond motifs is 3. The second-order valence-electron chi connectivity index (χ2n) is 9.17. The van der Waals surface area contributed by atoms with Crippen LogP contribution in [0.25, 0.3) is 6.08 Å². The van der Waals surface area contributed by atoms with Crippen molar-refractivity contribution in [2.75, 3.05) is 19.7 Å². The molecule has 4 atom stereocenters. The van der Waals surface area contributed by atoms with E-state index in [2.05, 4.69) is 23.2 Å². The fourth-order valence-corrected chi connectivity index (χ4v) is 5.98. The van der Waals surface area contributed by atoms with Crippen molar-refractivity contribution >= 4 is 12.0 Å². The highest BCUT2D eigenvalue weighted by atomic mass is 16.3. The number of hydrogen-bond acceptors (Lipinski definition) is 4. The maximum atomic E-state index is 13.2. The van der Waals surface area contributed by atoms with Crippen molar-refractivity contribution in [3.63, 3.8) is 0 Å². The average Bonchev–Trinajstić information content (AvgIpc) is 3.44. The van der Waals surface area contributed by atoms with Crippen LogP contribution in [0.5, 0.6) is 0 Å². The van der Waals surface area contributed by atoms with Crippen molar-refractivity contribution in [3.05, 3.63) is 39.8 Å². The molecule has 164 valence electrons. The first-order chi connectivity index (χ1) is 14.6. The number of rotatable bonds is 7. The van der Waals surface area contributed by atoms with Crippen LogP contribution >= 0.6 is 0 Å². The zero-order valence-electron chi connectivity index (χ0n) is 18.2. The van der Waals surface area contributed by atoms with Gasteiger partial charge in [-0.05, 0) is 44.2 Å². The number of aliphatic hydroxyl groups is 1. The first kappa shape index (κ1) is 21.3. The Morgan fingerprint density at radius 3 is 2.73 bits per heavy atom. The van der Waals surface area contributed by atoms with Crippen LogP contribution in [0.2, 0.25) is 0 Å². The molecule has 4 rings (SSSR count). The van der Waals surface area contributed by atoms with Crippen LogP contribution in [0, 0.1) is 17.8 Å². The van der Waals surface area contributed by atoms with E-state index >= 15 is 0 Å². The molecule has 0 radical (unpaired) electrons. The average molecular weight is 414 g/mol. The van der Waals surface area contributed by atoms with Crippen LogP contribution in [-0.4, -0.2) is 46.2 Å². The van der Waals surface area contributed by atoms with Gasteiger partial charge in [-0.3, -0.25) is 14.5 Å². The monoisotopic (exact) mass is 413 g/mol. The van der Waals surface area contributed by atoms with Crippen molar-refractivity contribution in [1.29, 1.82) is 0 Å². The number of aliphatic hydroxyl groups excluding tert-OH is 1. The normalized spacial score (nSPS) is 28.9. The largest absolute Gasteiger partial charge is 0.396 e. The molecule has 1 aliphatic carbocycles. The molecular formula is C24H35N3O3. The third kappa shape index (κ3) is 3.65. The van der Waals surface area contributed by atoms with E-state index in [9.17, 15) is 14.7 Å². The maximum Gasteiger partial charge on any atom is 0.258 e. The topological polar surface area (TPSA) is 74.6 Å². The summed E-state index contributed by atoms with van der Waals surface area (Å²) in [4.78, 5) is 28.5. The molecule has 0 spiro atoms. The fourth-order valence-electron chi connectivity index (χ4n) is 5.98. The van der Waals surface area contributed by atoms with Gasteiger partial charge in [0.05, 0.1) is 12.1 Å². The second kappa shape index (κ2) is 9.06. The van der Waals surface area contributed by atoms with Crippen molar-refractivity contribution in [2.24, 2.45) is 17.8 Å². The van der Waals surface area contributed by atoms with E-state index in [-0.39, 0.29) is 42.0 Å². The van der Waals surface area contributed by atoms with Gasteiger partial charge >= 0.3 is 0 Å². The molecule has 2 fully saturated rings. The predicted molar refractivity (Wildman–Crippen MR) is 118 cm³/mol. The first-order valence-corrected chi connectivity index (χ1v) is 11.6. The van der Waals surface area contributed by atoms with Gasteiger partial charge in [-0.2, -0.15) is 0 Å². The zero-order valence-corrected chi connectivity index (χ0v) is 18.2. The molecule has 0 aromatic carbocycles. The lowest BCUT2D eigenvalue weighted by Gasteiger charge is -2.32. The van der Waals surface area contributed by atoms with Crippen LogP contribution in [0.4, 0.5) is 0 Å². The smallest absolute Gasteiger partial charge is 0.258 e. The van der Waals surface area contributed by atoms with Gasteiger partial charge in [-0.1, -0.05) is 31.9 Å². The molecule has 2 aliphatic heterocycles. The first-order valence-electron chi connectivity index (χ1n) is 11.6. The summed E-state index contributed by atoms with van der Waals surface area (Å²) in [5, 5.41) is 13.4. The number of amides is 1. The highest BCUT2D eigenvalue weighted by Gasteiger charge is 2.55. The van der Waals surface area contributed by atoms with Crippen LogP contribution in [0.1, 0.15) is 63.3 Å². The van der Waals surface area contributed by atoms with Gasteiger partial charge in [0.25, 0.3) is 5.56 Å². The van der Waals surface area contributed by atoms with E-state index in [0.717, 1.165) is 18.7 Å². The van der Waals surface area contributed by atoms with Crippen molar-refractivity contribution in [1.82, 2.24) is 14.8 Å². The molecule has 0 unspecified atom stereocenters. The predicted octanol–water partition coefficient (Wildman–Crippen LogP) is 2.56. The Morgan fingerprint density at radius 2 is 2.07 bits per heavy atom. The van der Waals surface area contributed by atoms with Gasteiger partial charge in [0.15, 0.2) is 0 Å². The van der Waals surface area contributed by atoms with E-state index < -0.39 is 0 Å². The Bertz CT molecular complexity index is 856. The SMILES string of the molecule is C/C=C\c1ccc2n(c1=O)C[C@@H]1[C@@H](CO)[C@H](C(=O)NCCC)N(CC3CCCC3)[C@H]21. The van der Waals surface area contributed by atoms with Gasteiger partial charge in [-0.15, -0.1) is 0 Å². The Hall–Kier alpha value is -1.92. The van der Waals surface area contributed by atoms with Gasteiger partial charge in [0.2, 0.25) is 5.91 Å². The third-order valence-corrected chi connectivity index (χ3v) is 7.33. The lowest BCUT2D eigenvalue weighted by molar-refractivity contribution is -0.128. The highest BCUT2D eigenvalue weighted by molar-refractivity contribution is 5.82. The molecule has 2 N–H and O–H groups in total. The molecule has 1 amide bonds. The van der Waals surface area contributed by atoms with E-state index in [1.807, 2.05) is 29.7 Å². The van der Waals surface area contributed by atoms with Gasteiger partial charge < -0.3 is 15.0 Å². The number of carbonyl (C=O) groups excluding carboxylic acids is 1. The third-order valence-electron chi connectivity index (χ3n) is 7.33. The Kier molecular flexibility index (Phi) is 6.44. The van der Waals surface area contributed by atoms with Crippen molar-refractivity contribution in [3.8, 4) is 0 Å². The molecule has 1 saturated carbocycles. The lowest BCUT2D eigenvalue weighted by atomic mass is 9.88. The summed E-state index contributed by atoms with van der Waals surface area (Å²) in [7, 11) is 0.